The third kappa shape index (κ3) is 8.17. The molecule has 8 heteroatoms. The van der Waals surface area contributed by atoms with Crippen LogP contribution in [0.1, 0.15) is 19.4 Å². The summed E-state index contributed by atoms with van der Waals surface area (Å²) in [5, 5.41) is 6.61. The molecule has 2 aromatic carbocycles. The van der Waals surface area contributed by atoms with Crippen molar-refractivity contribution in [3.8, 4) is 5.75 Å². The fourth-order valence-corrected chi connectivity index (χ4v) is 3.29. The summed E-state index contributed by atoms with van der Waals surface area (Å²) in [4.78, 5) is 7.12. The minimum Gasteiger partial charge on any atom is -0.489 e. The number of guanidine groups is 1. The van der Waals surface area contributed by atoms with E-state index >= 15 is 0 Å². The minimum absolute atomic E-state index is 0. The summed E-state index contributed by atoms with van der Waals surface area (Å²) < 4.78 is 24.3. The van der Waals surface area contributed by atoms with Crippen molar-refractivity contribution in [3.05, 3.63) is 59.9 Å². The Morgan fingerprint density at radius 3 is 2.55 bits per heavy atom. The highest BCUT2D eigenvalue weighted by molar-refractivity contribution is 14.0. The molecule has 1 unspecified atom stereocenters. The first-order chi connectivity index (χ1) is 14.7. The zero-order valence-corrected chi connectivity index (χ0v) is 20.5. The highest BCUT2D eigenvalue weighted by atomic mass is 127. The van der Waals surface area contributed by atoms with E-state index in [1.807, 2.05) is 19.9 Å². The molecule has 1 atom stereocenters. The standard InChI is InChI=1S/C23H31FN4O2.HI/c1-3-25-23(26-16-18(2)30-21-10-8-20(24)9-11-21)27-17-19-6-4-5-7-22(19)28-12-14-29-15-13-28;/h4-11,18H,3,12-17H2,1-2H3,(H2,25,26,27);1H. The van der Waals surface area contributed by atoms with Gasteiger partial charge >= 0.3 is 0 Å². The third-order valence-corrected chi connectivity index (χ3v) is 4.80. The van der Waals surface area contributed by atoms with Crippen molar-refractivity contribution in [1.82, 2.24) is 10.6 Å². The monoisotopic (exact) mass is 542 g/mol. The molecule has 1 heterocycles. The molecule has 1 aliphatic rings. The van der Waals surface area contributed by atoms with E-state index in [-0.39, 0.29) is 35.9 Å². The molecule has 2 aromatic rings. The number of ether oxygens (including phenoxy) is 2. The van der Waals surface area contributed by atoms with Crippen LogP contribution < -0.4 is 20.3 Å². The van der Waals surface area contributed by atoms with Gasteiger partial charge in [-0.1, -0.05) is 18.2 Å². The maximum atomic E-state index is 13.0. The van der Waals surface area contributed by atoms with Crippen molar-refractivity contribution in [2.24, 2.45) is 4.99 Å². The zero-order valence-electron chi connectivity index (χ0n) is 18.1. The molecule has 1 fully saturated rings. The quantitative estimate of drug-likeness (QED) is 0.302. The molecule has 6 nitrogen and oxygen atoms in total. The molecule has 0 spiro atoms. The van der Waals surface area contributed by atoms with Crippen molar-refractivity contribution in [1.29, 1.82) is 0 Å². The van der Waals surface area contributed by atoms with Gasteiger partial charge in [0.2, 0.25) is 0 Å². The van der Waals surface area contributed by atoms with E-state index in [1.54, 1.807) is 12.1 Å². The molecule has 170 valence electrons. The number of anilines is 1. The van der Waals surface area contributed by atoms with E-state index in [4.69, 9.17) is 14.5 Å². The van der Waals surface area contributed by atoms with Crippen LogP contribution in [0, 0.1) is 5.82 Å². The summed E-state index contributed by atoms with van der Waals surface area (Å²) in [6, 6.07) is 14.4. The Labute approximate surface area is 201 Å². The average Bonchev–Trinajstić information content (AvgIpc) is 2.78. The number of aliphatic imine (C=N–C) groups is 1. The lowest BCUT2D eigenvalue weighted by Crippen LogP contribution is -2.41. The van der Waals surface area contributed by atoms with E-state index in [0.717, 1.165) is 38.8 Å². The molecule has 0 radical (unpaired) electrons. The molecular formula is C23H32FIN4O2. The molecule has 31 heavy (non-hydrogen) atoms. The topological polar surface area (TPSA) is 58.1 Å². The lowest BCUT2D eigenvalue weighted by molar-refractivity contribution is 0.122. The Hall–Kier alpha value is -2.07. The summed E-state index contributed by atoms with van der Waals surface area (Å²) in [5.41, 5.74) is 2.40. The van der Waals surface area contributed by atoms with Crippen molar-refractivity contribution < 1.29 is 13.9 Å². The highest BCUT2D eigenvalue weighted by Crippen LogP contribution is 2.22. The van der Waals surface area contributed by atoms with Crippen molar-refractivity contribution >= 4 is 35.6 Å². The number of rotatable bonds is 8. The van der Waals surface area contributed by atoms with Crippen LogP contribution in [0.25, 0.3) is 0 Å². The summed E-state index contributed by atoms with van der Waals surface area (Å²) in [6.45, 7) is 9.25. The summed E-state index contributed by atoms with van der Waals surface area (Å²) in [6.07, 6.45) is -0.0973. The number of para-hydroxylation sites is 1. The first kappa shape index (κ1) is 25.2. The fourth-order valence-electron chi connectivity index (χ4n) is 3.29. The molecule has 0 amide bonds. The van der Waals surface area contributed by atoms with Crippen LogP contribution >= 0.6 is 24.0 Å². The molecule has 1 saturated heterocycles. The summed E-state index contributed by atoms with van der Waals surface area (Å²) >= 11 is 0. The molecular weight excluding hydrogens is 510 g/mol. The van der Waals surface area contributed by atoms with Crippen LogP contribution in [0.4, 0.5) is 10.1 Å². The smallest absolute Gasteiger partial charge is 0.191 e. The van der Waals surface area contributed by atoms with Gasteiger partial charge in [0.25, 0.3) is 0 Å². The number of halogens is 2. The number of morpholine rings is 1. The van der Waals surface area contributed by atoms with Crippen LogP contribution in [0.5, 0.6) is 5.75 Å². The van der Waals surface area contributed by atoms with Gasteiger partial charge in [-0.3, -0.25) is 0 Å². The van der Waals surface area contributed by atoms with Gasteiger partial charge in [-0.25, -0.2) is 9.38 Å². The van der Waals surface area contributed by atoms with Crippen LogP contribution in [-0.2, 0) is 11.3 Å². The predicted octanol–water partition coefficient (Wildman–Crippen LogP) is 3.80. The molecule has 0 aliphatic carbocycles. The van der Waals surface area contributed by atoms with Gasteiger partial charge < -0.3 is 25.0 Å². The second-order valence-corrected chi connectivity index (χ2v) is 7.19. The highest BCUT2D eigenvalue weighted by Gasteiger charge is 2.14. The van der Waals surface area contributed by atoms with Crippen LogP contribution in [0.3, 0.4) is 0 Å². The van der Waals surface area contributed by atoms with Gasteiger partial charge in [-0.2, -0.15) is 0 Å². The van der Waals surface area contributed by atoms with Crippen molar-refractivity contribution in [2.45, 2.75) is 26.5 Å². The Balaban J connectivity index is 0.00000341. The summed E-state index contributed by atoms with van der Waals surface area (Å²) in [5.74, 6) is 1.11. The lowest BCUT2D eigenvalue weighted by atomic mass is 10.1. The van der Waals surface area contributed by atoms with Gasteiger partial charge in [-0.15, -0.1) is 24.0 Å². The number of hydrogen-bond donors (Lipinski definition) is 2. The number of nitrogens with one attached hydrogen (secondary N) is 2. The maximum absolute atomic E-state index is 13.0. The Morgan fingerprint density at radius 2 is 1.84 bits per heavy atom. The second kappa shape index (κ2) is 13.4. The number of hydrogen-bond acceptors (Lipinski definition) is 4. The Bertz CT molecular complexity index is 813. The van der Waals surface area contributed by atoms with Gasteiger partial charge in [0.1, 0.15) is 17.7 Å². The minimum atomic E-state index is -0.271. The Morgan fingerprint density at radius 1 is 1.13 bits per heavy atom. The average molecular weight is 542 g/mol. The van der Waals surface area contributed by atoms with Gasteiger partial charge in [0.05, 0.1) is 26.3 Å². The normalized spacial score (nSPS) is 15.1. The second-order valence-electron chi connectivity index (χ2n) is 7.19. The predicted molar refractivity (Wildman–Crippen MR) is 134 cm³/mol. The lowest BCUT2D eigenvalue weighted by Gasteiger charge is -2.30. The van der Waals surface area contributed by atoms with Gasteiger partial charge in [0, 0.05) is 25.3 Å². The molecule has 2 N–H and O–H groups in total. The maximum Gasteiger partial charge on any atom is 0.191 e. The summed E-state index contributed by atoms with van der Waals surface area (Å²) in [7, 11) is 0. The zero-order chi connectivity index (χ0) is 21.2. The van der Waals surface area contributed by atoms with Crippen molar-refractivity contribution in [3.63, 3.8) is 0 Å². The van der Waals surface area contributed by atoms with Gasteiger partial charge in [-0.05, 0) is 49.7 Å². The molecule has 0 bridgehead atoms. The Kier molecular flexibility index (Phi) is 10.9. The van der Waals surface area contributed by atoms with Crippen LogP contribution in [0.15, 0.2) is 53.5 Å². The number of benzene rings is 2. The first-order valence-electron chi connectivity index (χ1n) is 10.5. The van der Waals surface area contributed by atoms with E-state index in [0.29, 0.717) is 18.8 Å². The van der Waals surface area contributed by atoms with E-state index in [9.17, 15) is 4.39 Å². The molecule has 0 aromatic heterocycles. The number of nitrogens with zero attached hydrogens (tertiary/aromatic N) is 2. The third-order valence-electron chi connectivity index (χ3n) is 4.80. The SMILES string of the molecule is CCNC(=NCc1ccccc1N1CCOCC1)NCC(C)Oc1ccc(F)cc1.I. The molecule has 3 rings (SSSR count). The molecule has 0 saturated carbocycles. The van der Waals surface area contributed by atoms with E-state index in [2.05, 4.69) is 33.7 Å². The molecule has 1 aliphatic heterocycles. The van der Waals surface area contributed by atoms with Crippen LogP contribution in [0.2, 0.25) is 0 Å². The largest absolute Gasteiger partial charge is 0.489 e. The van der Waals surface area contributed by atoms with Gasteiger partial charge in [0.15, 0.2) is 5.96 Å². The fraction of sp³-hybridized carbons (Fsp3) is 0.435. The van der Waals surface area contributed by atoms with E-state index < -0.39 is 0 Å². The van der Waals surface area contributed by atoms with Crippen LogP contribution in [-0.4, -0.2) is 51.5 Å². The van der Waals surface area contributed by atoms with E-state index in [1.165, 1.54) is 23.4 Å². The first-order valence-corrected chi connectivity index (χ1v) is 10.5. The van der Waals surface area contributed by atoms with Crippen molar-refractivity contribution in [2.75, 3.05) is 44.3 Å².